The first-order valence-corrected chi connectivity index (χ1v) is 10.2. The zero-order valence-electron chi connectivity index (χ0n) is 18.8. The normalized spacial score (nSPS) is 14.6. The van der Waals surface area contributed by atoms with Crippen molar-refractivity contribution in [3.05, 3.63) is 29.8 Å². The van der Waals surface area contributed by atoms with Gasteiger partial charge in [0.2, 0.25) is 0 Å². The van der Waals surface area contributed by atoms with Gasteiger partial charge in [0.25, 0.3) is 0 Å². The largest absolute Gasteiger partial charge is 0.483 e. The molecule has 0 saturated heterocycles. The van der Waals surface area contributed by atoms with Crippen LogP contribution in [-0.4, -0.2) is 35.9 Å². The Morgan fingerprint density at radius 2 is 1.70 bits per heavy atom. The average Bonchev–Trinajstić information content (AvgIpc) is 2.62. The van der Waals surface area contributed by atoms with E-state index in [2.05, 4.69) is 5.32 Å². The van der Waals surface area contributed by atoms with Crippen LogP contribution in [0.15, 0.2) is 18.2 Å². The molecule has 0 spiro atoms. The van der Waals surface area contributed by atoms with Crippen LogP contribution < -0.4 is 10.1 Å². The third kappa shape index (κ3) is 8.16. The number of carbonyl (C=O) groups excluding carboxylic acids is 2. The maximum atomic E-state index is 14.1. The molecule has 0 aromatic heterocycles. The van der Waals surface area contributed by atoms with Crippen molar-refractivity contribution < 1.29 is 32.6 Å². The van der Waals surface area contributed by atoms with E-state index in [0.29, 0.717) is 12.8 Å². The van der Waals surface area contributed by atoms with Crippen LogP contribution in [0.25, 0.3) is 0 Å². The number of amides is 1. The lowest BCUT2D eigenvalue weighted by Gasteiger charge is -2.31. The summed E-state index contributed by atoms with van der Waals surface area (Å²) >= 11 is 0. The second kappa shape index (κ2) is 11.1. The molecule has 0 radical (unpaired) electrons. The molecule has 1 amide bonds. The van der Waals surface area contributed by atoms with Gasteiger partial charge >= 0.3 is 12.1 Å². The lowest BCUT2D eigenvalue weighted by molar-refractivity contribution is -0.156. The van der Waals surface area contributed by atoms with Gasteiger partial charge in [-0.2, -0.15) is 0 Å². The van der Waals surface area contributed by atoms with Crippen molar-refractivity contribution in [3.63, 3.8) is 0 Å². The molecular weight excluding hydrogens is 396 g/mol. The minimum atomic E-state index is -0.962. The highest BCUT2D eigenvalue weighted by molar-refractivity contribution is 5.81. The fourth-order valence-electron chi connectivity index (χ4n) is 2.94. The van der Waals surface area contributed by atoms with Gasteiger partial charge in [0.05, 0.1) is 0 Å². The number of benzene rings is 1. The molecule has 0 bridgehead atoms. The van der Waals surface area contributed by atoms with Crippen molar-refractivity contribution in [2.45, 2.75) is 85.2 Å². The van der Waals surface area contributed by atoms with Crippen LogP contribution in [0.4, 0.5) is 13.6 Å². The highest BCUT2D eigenvalue weighted by Gasteiger charge is 2.32. The van der Waals surface area contributed by atoms with E-state index in [4.69, 9.17) is 14.2 Å². The summed E-state index contributed by atoms with van der Waals surface area (Å²) in [6.07, 6.45) is -0.839. The Kier molecular flexibility index (Phi) is 9.52. The summed E-state index contributed by atoms with van der Waals surface area (Å²) in [5.74, 6) is -2.33. The minimum absolute atomic E-state index is 0.0652. The fraction of sp³-hybridized carbons (Fsp3) is 0.636. The minimum Gasteiger partial charge on any atom is -0.483 e. The monoisotopic (exact) mass is 429 g/mol. The molecule has 1 aromatic carbocycles. The van der Waals surface area contributed by atoms with Crippen LogP contribution in [0.3, 0.4) is 0 Å². The molecular formula is C22H33F2NO5. The second-order valence-electron chi connectivity index (χ2n) is 8.24. The number of carbonyl (C=O) groups is 2. The van der Waals surface area contributed by atoms with E-state index in [1.807, 2.05) is 13.8 Å². The summed E-state index contributed by atoms with van der Waals surface area (Å²) in [5.41, 5.74) is -0.704. The summed E-state index contributed by atoms with van der Waals surface area (Å²) in [7, 11) is 0. The summed E-state index contributed by atoms with van der Waals surface area (Å²) in [4.78, 5) is 24.3. The lowest BCUT2D eigenvalue weighted by Crippen LogP contribution is -2.46. The lowest BCUT2D eigenvalue weighted by atomic mass is 9.93. The van der Waals surface area contributed by atoms with Gasteiger partial charge in [0.15, 0.2) is 11.6 Å². The molecule has 0 unspecified atom stereocenters. The third-order valence-corrected chi connectivity index (χ3v) is 4.52. The van der Waals surface area contributed by atoms with E-state index in [9.17, 15) is 18.4 Å². The second-order valence-corrected chi connectivity index (χ2v) is 8.24. The first kappa shape index (κ1) is 25.7. The van der Waals surface area contributed by atoms with Gasteiger partial charge in [-0.3, -0.25) is 0 Å². The quantitative estimate of drug-likeness (QED) is 0.560. The summed E-state index contributed by atoms with van der Waals surface area (Å²) in [6, 6.07) is 1.99. The summed E-state index contributed by atoms with van der Waals surface area (Å²) < 4.78 is 44.0. The van der Waals surface area contributed by atoms with Gasteiger partial charge in [-0.25, -0.2) is 18.4 Å². The molecule has 30 heavy (non-hydrogen) atoms. The highest BCUT2D eigenvalue weighted by Crippen LogP contribution is 2.27. The van der Waals surface area contributed by atoms with Crippen molar-refractivity contribution in [2.24, 2.45) is 5.92 Å². The van der Waals surface area contributed by atoms with E-state index in [0.717, 1.165) is 18.2 Å². The smallest absolute Gasteiger partial charge is 0.408 e. The zero-order valence-corrected chi connectivity index (χ0v) is 18.8. The number of rotatable bonds is 9. The van der Waals surface area contributed by atoms with E-state index in [1.54, 1.807) is 27.7 Å². The van der Waals surface area contributed by atoms with Gasteiger partial charge in [0.1, 0.15) is 29.7 Å². The number of hydrogen-bond donors (Lipinski definition) is 1. The Labute approximate surface area is 177 Å². The molecule has 6 nitrogen and oxygen atoms in total. The summed E-state index contributed by atoms with van der Waals surface area (Å²) in [5, 5.41) is 2.42. The van der Waals surface area contributed by atoms with Crippen molar-refractivity contribution in [3.8, 4) is 5.75 Å². The van der Waals surface area contributed by atoms with Crippen molar-refractivity contribution in [1.82, 2.24) is 5.32 Å². The van der Waals surface area contributed by atoms with Crippen molar-refractivity contribution >= 4 is 12.1 Å². The van der Waals surface area contributed by atoms with Crippen LogP contribution in [0.2, 0.25) is 0 Å². The maximum Gasteiger partial charge on any atom is 0.408 e. The molecule has 8 heteroatoms. The van der Waals surface area contributed by atoms with Crippen LogP contribution in [0.1, 0.15) is 61.3 Å². The first-order valence-electron chi connectivity index (χ1n) is 10.2. The average molecular weight is 430 g/mol. The molecule has 3 atom stereocenters. The van der Waals surface area contributed by atoms with E-state index >= 15 is 0 Å². The molecule has 0 aliphatic carbocycles. The Morgan fingerprint density at radius 1 is 1.10 bits per heavy atom. The predicted molar refractivity (Wildman–Crippen MR) is 109 cm³/mol. The SMILES string of the molecule is CCC(CC)[C@H](Oc1cc(F)ccc1F)[C@H](C)OC(=O)[C@H](C)NC(=O)OC(C)(C)C. The predicted octanol–water partition coefficient (Wildman–Crippen LogP) is 4.99. The number of hydrogen-bond acceptors (Lipinski definition) is 5. The molecule has 0 saturated carbocycles. The van der Waals surface area contributed by atoms with E-state index in [-0.39, 0.29) is 11.7 Å². The number of esters is 1. The Bertz CT molecular complexity index is 716. The first-order chi connectivity index (χ1) is 13.9. The number of ether oxygens (including phenoxy) is 3. The van der Waals surface area contributed by atoms with E-state index < -0.39 is 47.5 Å². The topological polar surface area (TPSA) is 73.9 Å². The van der Waals surface area contributed by atoms with Gasteiger partial charge < -0.3 is 19.5 Å². The highest BCUT2D eigenvalue weighted by atomic mass is 19.1. The number of halogens is 2. The van der Waals surface area contributed by atoms with Crippen LogP contribution in [0.5, 0.6) is 5.75 Å². The molecule has 0 aliphatic rings. The van der Waals surface area contributed by atoms with Gasteiger partial charge in [-0.1, -0.05) is 13.8 Å². The van der Waals surface area contributed by atoms with Crippen LogP contribution in [0, 0.1) is 17.6 Å². The van der Waals surface area contributed by atoms with Crippen LogP contribution in [-0.2, 0) is 14.3 Å². The fourth-order valence-corrected chi connectivity index (χ4v) is 2.94. The molecule has 1 aromatic rings. The van der Waals surface area contributed by atoms with Gasteiger partial charge in [0, 0.05) is 6.07 Å². The molecule has 170 valence electrons. The molecule has 1 rings (SSSR count). The standard InChI is InChI=1S/C22H33F2NO5/c1-8-15(9-2)19(29-18-12-16(23)10-11-17(18)24)14(4)28-20(26)13(3)25-21(27)30-22(5,6)7/h10-15,19H,8-9H2,1-7H3,(H,25,27)/t13-,14-,19+/m0/s1. The molecule has 0 aliphatic heterocycles. The van der Waals surface area contributed by atoms with Crippen molar-refractivity contribution in [2.75, 3.05) is 0 Å². The number of nitrogens with one attached hydrogen (secondary N) is 1. The van der Waals surface area contributed by atoms with Gasteiger partial charge in [-0.05, 0) is 65.5 Å². The molecule has 0 fully saturated rings. The van der Waals surface area contributed by atoms with E-state index in [1.165, 1.54) is 6.92 Å². The molecule has 0 heterocycles. The Hall–Kier alpha value is -2.38. The number of alkyl carbamates (subject to hydrolysis) is 1. The van der Waals surface area contributed by atoms with Gasteiger partial charge in [-0.15, -0.1) is 0 Å². The third-order valence-electron chi connectivity index (χ3n) is 4.52. The summed E-state index contributed by atoms with van der Waals surface area (Å²) in [6.45, 7) is 12.1. The van der Waals surface area contributed by atoms with Crippen LogP contribution >= 0.6 is 0 Å². The Morgan fingerprint density at radius 3 is 2.23 bits per heavy atom. The van der Waals surface area contributed by atoms with Crippen molar-refractivity contribution in [1.29, 1.82) is 0 Å². The maximum absolute atomic E-state index is 14.1. The Balaban J connectivity index is 2.88. The zero-order chi connectivity index (χ0) is 23.1. The molecule has 1 N–H and O–H groups in total.